The van der Waals surface area contributed by atoms with E-state index >= 15 is 0 Å². The molecular formula is C15H22N2O4S. The number of ether oxygens (including phenoxy) is 1. The fourth-order valence-electron chi connectivity index (χ4n) is 2.64. The molecule has 1 fully saturated rings. The third kappa shape index (κ3) is 3.84. The number of amides is 1. The maximum Gasteiger partial charge on any atom is 0.306 e. The lowest BCUT2D eigenvalue weighted by Gasteiger charge is -2.26. The molecule has 0 bridgehead atoms. The third-order valence-electron chi connectivity index (χ3n) is 4.13. The Morgan fingerprint density at radius 1 is 1.36 bits per heavy atom. The van der Waals surface area contributed by atoms with Crippen molar-refractivity contribution in [2.45, 2.75) is 51.7 Å². The van der Waals surface area contributed by atoms with Crippen molar-refractivity contribution < 1.29 is 19.4 Å². The zero-order valence-electron chi connectivity index (χ0n) is 13.1. The van der Waals surface area contributed by atoms with Gasteiger partial charge in [0.2, 0.25) is 0 Å². The van der Waals surface area contributed by atoms with Gasteiger partial charge in [-0.3, -0.25) is 9.59 Å². The van der Waals surface area contributed by atoms with Gasteiger partial charge in [0.05, 0.1) is 11.6 Å². The molecule has 1 aliphatic carbocycles. The summed E-state index contributed by atoms with van der Waals surface area (Å²) in [6, 6.07) is 0.0490. The normalized spacial score (nSPS) is 23.0. The van der Waals surface area contributed by atoms with Crippen molar-refractivity contribution in [1.82, 2.24) is 10.3 Å². The lowest BCUT2D eigenvalue weighted by atomic mass is 9.86. The number of rotatable bonds is 5. The first-order valence-electron chi connectivity index (χ1n) is 7.46. The maximum atomic E-state index is 12.4. The van der Waals surface area contributed by atoms with E-state index in [2.05, 4.69) is 10.3 Å². The summed E-state index contributed by atoms with van der Waals surface area (Å²) in [6.45, 7) is 3.71. The third-order valence-corrected chi connectivity index (χ3v) is 5.45. The summed E-state index contributed by atoms with van der Waals surface area (Å²) in [5, 5.41) is 12.8. The average molecular weight is 326 g/mol. The summed E-state index contributed by atoms with van der Waals surface area (Å²) in [7, 11) is 1.61. The van der Waals surface area contributed by atoms with E-state index in [1.807, 2.05) is 13.8 Å². The molecule has 1 amide bonds. The Balaban J connectivity index is 1.96. The molecule has 0 unspecified atom stereocenters. The molecule has 1 atom stereocenters. The number of thiazole rings is 1. The Kier molecular flexibility index (Phi) is 5.52. The van der Waals surface area contributed by atoms with Crippen LogP contribution in [0, 0.1) is 12.8 Å². The molecule has 6 nitrogen and oxygen atoms in total. The first kappa shape index (κ1) is 16.9. The fourth-order valence-corrected chi connectivity index (χ4v) is 3.64. The van der Waals surface area contributed by atoms with Gasteiger partial charge in [-0.05, 0) is 39.5 Å². The highest BCUT2D eigenvalue weighted by atomic mass is 32.1. The second-order valence-corrected chi connectivity index (χ2v) is 6.74. The van der Waals surface area contributed by atoms with E-state index in [1.165, 1.54) is 11.3 Å². The molecule has 122 valence electrons. The van der Waals surface area contributed by atoms with Gasteiger partial charge in [0.15, 0.2) is 0 Å². The minimum Gasteiger partial charge on any atom is -0.481 e. The van der Waals surface area contributed by atoms with E-state index < -0.39 is 5.97 Å². The van der Waals surface area contributed by atoms with E-state index in [0.717, 1.165) is 5.01 Å². The van der Waals surface area contributed by atoms with Gasteiger partial charge in [-0.15, -0.1) is 11.3 Å². The van der Waals surface area contributed by atoms with Crippen LogP contribution < -0.4 is 5.32 Å². The van der Waals surface area contributed by atoms with E-state index in [1.54, 1.807) is 7.11 Å². The predicted octanol–water partition coefficient (Wildman–Crippen LogP) is 2.53. The van der Waals surface area contributed by atoms with Gasteiger partial charge in [-0.1, -0.05) is 0 Å². The van der Waals surface area contributed by atoms with Crippen LogP contribution in [0.4, 0.5) is 0 Å². The second kappa shape index (κ2) is 7.19. The van der Waals surface area contributed by atoms with E-state index in [4.69, 9.17) is 9.84 Å². The minimum absolute atomic E-state index is 0.0490. The summed E-state index contributed by atoms with van der Waals surface area (Å²) in [5.74, 6) is -1.13. The van der Waals surface area contributed by atoms with Crippen molar-refractivity contribution in [3.8, 4) is 0 Å². The zero-order chi connectivity index (χ0) is 16.3. The monoisotopic (exact) mass is 326 g/mol. The molecule has 0 saturated heterocycles. The van der Waals surface area contributed by atoms with Crippen molar-refractivity contribution >= 4 is 23.2 Å². The summed E-state index contributed by atoms with van der Waals surface area (Å²) >= 11 is 1.35. The van der Waals surface area contributed by atoms with E-state index in [-0.39, 0.29) is 24.0 Å². The number of nitrogens with one attached hydrogen (secondary N) is 1. The Morgan fingerprint density at radius 3 is 2.55 bits per heavy atom. The predicted molar refractivity (Wildman–Crippen MR) is 83.1 cm³/mol. The number of nitrogens with zero attached hydrogens (tertiary/aromatic N) is 1. The highest BCUT2D eigenvalue weighted by Crippen LogP contribution is 2.27. The zero-order valence-corrected chi connectivity index (χ0v) is 13.9. The van der Waals surface area contributed by atoms with Crippen molar-refractivity contribution in [2.24, 2.45) is 5.92 Å². The first-order chi connectivity index (χ1) is 10.4. The maximum absolute atomic E-state index is 12.4. The van der Waals surface area contributed by atoms with Crippen LogP contribution in [0.1, 0.15) is 59.1 Å². The van der Waals surface area contributed by atoms with Gasteiger partial charge in [-0.25, -0.2) is 4.98 Å². The van der Waals surface area contributed by atoms with E-state index in [0.29, 0.717) is 36.3 Å². The van der Waals surface area contributed by atoms with Crippen molar-refractivity contribution in [1.29, 1.82) is 0 Å². The molecule has 1 heterocycles. The summed E-state index contributed by atoms with van der Waals surface area (Å²) < 4.78 is 5.23. The molecular weight excluding hydrogens is 304 g/mol. The van der Waals surface area contributed by atoms with Crippen LogP contribution in [0.25, 0.3) is 0 Å². The summed E-state index contributed by atoms with van der Waals surface area (Å²) in [4.78, 5) is 28.3. The van der Waals surface area contributed by atoms with Gasteiger partial charge in [0.25, 0.3) is 5.91 Å². The number of aryl methyl sites for hydroxylation is 1. The lowest BCUT2D eigenvalue weighted by Crippen LogP contribution is -2.38. The number of hydrogen-bond acceptors (Lipinski definition) is 5. The summed E-state index contributed by atoms with van der Waals surface area (Å²) in [5.41, 5.74) is 0.709. The molecule has 7 heteroatoms. The highest BCUT2D eigenvalue weighted by molar-refractivity contribution is 7.13. The average Bonchev–Trinajstić information content (AvgIpc) is 2.89. The van der Waals surface area contributed by atoms with Crippen LogP contribution in [0.2, 0.25) is 0 Å². The van der Waals surface area contributed by atoms with Crippen LogP contribution in [-0.2, 0) is 9.53 Å². The molecule has 22 heavy (non-hydrogen) atoms. The number of carbonyl (C=O) groups excluding carboxylic acids is 1. The number of aliphatic carboxylic acids is 1. The molecule has 0 spiro atoms. The number of methoxy groups -OCH3 is 1. The second-order valence-electron chi connectivity index (χ2n) is 5.70. The Morgan fingerprint density at radius 2 is 2.00 bits per heavy atom. The van der Waals surface area contributed by atoms with Gasteiger partial charge >= 0.3 is 5.97 Å². The molecule has 1 aliphatic rings. The Bertz CT molecular complexity index is 550. The molecule has 2 N–H and O–H groups in total. The standard InChI is InChI=1S/C15H22N2O4S/c1-8-12(22-14(16-8)9(2)21-3)13(18)17-11-6-4-10(5-7-11)15(19)20/h9-11H,4-7H2,1-3H3,(H,17,18)(H,19,20)/t9-,10?,11?/m1/s1. The first-order valence-corrected chi connectivity index (χ1v) is 8.27. The minimum atomic E-state index is -0.735. The van der Waals surface area contributed by atoms with Crippen LogP contribution in [0.3, 0.4) is 0 Å². The number of carboxylic acid groups (broad SMARTS) is 1. The molecule has 0 radical (unpaired) electrons. The number of carbonyl (C=O) groups is 2. The Labute approximate surface area is 133 Å². The SMILES string of the molecule is CO[C@H](C)c1nc(C)c(C(=O)NC2CCC(C(=O)O)CC2)s1. The molecule has 2 rings (SSSR count). The summed E-state index contributed by atoms with van der Waals surface area (Å²) in [6.07, 6.45) is 2.53. The number of carboxylic acids is 1. The molecule has 1 aromatic rings. The molecule has 0 aliphatic heterocycles. The van der Waals surface area contributed by atoms with Crippen molar-refractivity contribution in [2.75, 3.05) is 7.11 Å². The smallest absolute Gasteiger partial charge is 0.306 e. The highest BCUT2D eigenvalue weighted by Gasteiger charge is 2.28. The van der Waals surface area contributed by atoms with Gasteiger partial charge in [0.1, 0.15) is 16.0 Å². The number of aromatic nitrogens is 1. The number of hydrogen-bond donors (Lipinski definition) is 2. The van der Waals surface area contributed by atoms with Crippen molar-refractivity contribution in [3.63, 3.8) is 0 Å². The largest absolute Gasteiger partial charge is 0.481 e. The van der Waals surface area contributed by atoms with Gasteiger partial charge in [0, 0.05) is 13.2 Å². The quantitative estimate of drug-likeness (QED) is 0.868. The molecule has 1 saturated carbocycles. The van der Waals surface area contributed by atoms with Crippen LogP contribution in [0.15, 0.2) is 0 Å². The van der Waals surface area contributed by atoms with Crippen LogP contribution >= 0.6 is 11.3 Å². The Hall–Kier alpha value is -1.47. The van der Waals surface area contributed by atoms with E-state index in [9.17, 15) is 9.59 Å². The topological polar surface area (TPSA) is 88.5 Å². The molecule has 0 aromatic carbocycles. The van der Waals surface area contributed by atoms with Crippen LogP contribution in [-0.4, -0.2) is 35.1 Å². The fraction of sp³-hybridized carbons (Fsp3) is 0.667. The molecule has 1 aromatic heterocycles. The van der Waals surface area contributed by atoms with Crippen molar-refractivity contribution in [3.05, 3.63) is 15.6 Å². The lowest BCUT2D eigenvalue weighted by molar-refractivity contribution is -0.142. The van der Waals surface area contributed by atoms with Crippen LogP contribution in [0.5, 0.6) is 0 Å². The van der Waals surface area contributed by atoms with Gasteiger partial charge < -0.3 is 15.2 Å². The van der Waals surface area contributed by atoms with Gasteiger partial charge in [-0.2, -0.15) is 0 Å².